The van der Waals surface area contributed by atoms with Crippen LogP contribution in [0.25, 0.3) is 0 Å². The van der Waals surface area contributed by atoms with Crippen LogP contribution >= 0.6 is 0 Å². The maximum Gasteiger partial charge on any atom is 0.432 e. The van der Waals surface area contributed by atoms with Crippen molar-refractivity contribution in [2.24, 2.45) is 5.92 Å². The maximum absolute atomic E-state index is 14.2. The number of unbranched alkanes of at least 4 members (excludes halogenated alkanes) is 2. The molecule has 176 valence electrons. The first-order valence-electron chi connectivity index (χ1n) is 11.5. The Morgan fingerprint density at radius 1 is 0.906 bits per heavy atom. The van der Waals surface area contributed by atoms with Crippen LogP contribution < -0.4 is 9.47 Å². The SMILES string of the molecule is CCCCCC1CCC(c2ccc(OC(F)(F)COc3ccc(C)c(F)c3F)cc2)CC1. The molecule has 2 aromatic rings. The number of halogens is 4. The van der Waals surface area contributed by atoms with Crippen LogP contribution in [0.3, 0.4) is 0 Å². The van der Waals surface area contributed by atoms with Crippen LogP contribution in [0.2, 0.25) is 0 Å². The number of hydrogen-bond donors (Lipinski definition) is 0. The van der Waals surface area contributed by atoms with Gasteiger partial charge in [0.15, 0.2) is 18.2 Å². The molecule has 0 N–H and O–H groups in total. The summed E-state index contributed by atoms with van der Waals surface area (Å²) < 4.78 is 65.2. The van der Waals surface area contributed by atoms with Gasteiger partial charge in [0, 0.05) is 0 Å². The molecule has 0 bridgehead atoms. The molecule has 0 unspecified atom stereocenters. The highest BCUT2D eigenvalue weighted by atomic mass is 19.3. The highest BCUT2D eigenvalue weighted by Gasteiger charge is 2.34. The molecule has 1 fully saturated rings. The van der Waals surface area contributed by atoms with E-state index in [0.29, 0.717) is 5.92 Å². The quantitative estimate of drug-likeness (QED) is 0.267. The van der Waals surface area contributed by atoms with E-state index < -0.39 is 30.1 Å². The van der Waals surface area contributed by atoms with Gasteiger partial charge in [0.2, 0.25) is 5.82 Å². The van der Waals surface area contributed by atoms with E-state index in [1.807, 2.05) is 12.1 Å². The van der Waals surface area contributed by atoms with Crippen molar-refractivity contribution in [2.45, 2.75) is 77.2 Å². The van der Waals surface area contributed by atoms with Crippen molar-refractivity contribution in [2.75, 3.05) is 6.61 Å². The first-order chi connectivity index (χ1) is 15.3. The van der Waals surface area contributed by atoms with E-state index in [0.717, 1.165) is 30.4 Å². The summed E-state index contributed by atoms with van der Waals surface area (Å²) in [7, 11) is 0. The van der Waals surface area contributed by atoms with E-state index in [2.05, 4.69) is 6.92 Å². The predicted molar refractivity (Wildman–Crippen MR) is 117 cm³/mol. The summed E-state index contributed by atoms with van der Waals surface area (Å²) in [4.78, 5) is 0. The van der Waals surface area contributed by atoms with Gasteiger partial charge in [0.05, 0.1) is 0 Å². The van der Waals surface area contributed by atoms with Gasteiger partial charge in [-0.25, -0.2) is 4.39 Å². The third-order valence-electron chi connectivity index (χ3n) is 6.32. The number of ether oxygens (including phenoxy) is 2. The fraction of sp³-hybridized carbons (Fsp3) is 0.538. The van der Waals surface area contributed by atoms with Crippen molar-refractivity contribution in [3.8, 4) is 11.5 Å². The Bertz CT molecular complexity index is 859. The Hall–Kier alpha value is -2.24. The van der Waals surface area contributed by atoms with Crippen molar-refractivity contribution < 1.29 is 27.0 Å². The lowest BCUT2D eigenvalue weighted by atomic mass is 9.77. The van der Waals surface area contributed by atoms with E-state index in [1.165, 1.54) is 63.6 Å². The molecule has 0 aromatic heterocycles. The topological polar surface area (TPSA) is 18.5 Å². The van der Waals surface area contributed by atoms with Crippen molar-refractivity contribution >= 4 is 0 Å². The third kappa shape index (κ3) is 6.63. The summed E-state index contributed by atoms with van der Waals surface area (Å²) >= 11 is 0. The van der Waals surface area contributed by atoms with Crippen molar-refractivity contribution in [3.63, 3.8) is 0 Å². The zero-order chi connectivity index (χ0) is 23.1. The van der Waals surface area contributed by atoms with Crippen molar-refractivity contribution in [1.29, 1.82) is 0 Å². The molecule has 6 heteroatoms. The van der Waals surface area contributed by atoms with E-state index in [1.54, 1.807) is 0 Å². The average Bonchev–Trinajstić information content (AvgIpc) is 2.78. The van der Waals surface area contributed by atoms with Gasteiger partial charge in [-0.1, -0.05) is 50.8 Å². The van der Waals surface area contributed by atoms with Gasteiger partial charge in [-0.2, -0.15) is 13.2 Å². The predicted octanol–water partition coefficient (Wildman–Crippen LogP) is 8.18. The molecule has 0 atom stereocenters. The molecular formula is C26H32F4O2. The van der Waals surface area contributed by atoms with Gasteiger partial charge >= 0.3 is 6.11 Å². The highest BCUT2D eigenvalue weighted by molar-refractivity contribution is 5.31. The monoisotopic (exact) mass is 452 g/mol. The molecule has 32 heavy (non-hydrogen) atoms. The molecule has 0 heterocycles. The first-order valence-corrected chi connectivity index (χ1v) is 11.5. The Morgan fingerprint density at radius 3 is 2.25 bits per heavy atom. The molecular weight excluding hydrogens is 420 g/mol. The van der Waals surface area contributed by atoms with Crippen LogP contribution in [0.15, 0.2) is 36.4 Å². The van der Waals surface area contributed by atoms with Crippen LogP contribution in [-0.2, 0) is 0 Å². The van der Waals surface area contributed by atoms with E-state index in [-0.39, 0.29) is 11.3 Å². The minimum Gasteiger partial charge on any atom is -0.480 e. The highest BCUT2D eigenvalue weighted by Crippen LogP contribution is 2.38. The summed E-state index contributed by atoms with van der Waals surface area (Å²) in [6, 6.07) is 9.12. The molecule has 0 amide bonds. The second-order valence-electron chi connectivity index (χ2n) is 8.82. The largest absolute Gasteiger partial charge is 0.480 e. The van der Waals surface area contributed by atoms with Gasteiger partial charge in [-0.05, 0) is 73.8 Å². The minimum atomic E-state index is -3.69. The Kier molecular flexibility index (Phi) is 8.44. The average molecular weight is 453 g/mol. The molecule has 1 saturated carbocycles. The molecule has 2 aromatic carbocycles. The number of benzene rings is 2. The number of aryl methyl sites for hydroxylation is 1. The van der Waals surface area contributed by atoms with Crippen LogP contribution in [0.4, 0.5) is 17.6 Å². The molecule has 1 aliphatic carbocycles. The molecule has 0 spiro atoms. The van der Waals surface area contributed by atoms with Gasteiger partial charge < -0.3 is 9.47 Å². The van der Waals surface area contributed by atoms with Crippen LogP contribution in [0.1, 0.15) is 75.3 Å². The summed E-state index contributed by atoms with van der Waals surface area (Å²) in [5, 5.41) is 0. The molecule has 3 rings (SSSR count). The molecule has 1 aliphatic rings. The van der Waals surface area contributed by atoms with Gasteiger partial charge in [-0.3, -0.25) is 0 Å². The lowest BCUT2D eigenvalue weighted by Crippen LogP contribution is -2.32. The maximum atomic E-state index is 14.2. The van der Waals surface area contributed by atoms with E-state index in [9.17, 15) is 17.6 Å². The third-order valence-corrected chi connectivity index (χ3v) is 6.32. The second-order valence-corrected chi connectivity index (χ2v) is 8.82. The Balaban J connectivity index is 1.50. The fourth-order valence-corrected chi connectivity index (χ4v) is 4.38. The summed E-state index contributed by atoms with van der Waals surface area (Å²) in [6.45, 7) is 2.37. The van der Waals surface area contributed by atoms with E-state index >= 15 is 0 Å². The van der Waals surface area contributed by atoms with E-state index in [4.69, 9.17) is 9.47 Å². The number of rotatable bonds is 10. The summed E-state index contributed by atoms with van der Waals surface area (Å²) in [5.41, 5.74) is 1.21. The lowest BCUT2D eigenvalue weighted by molar-refractivity contribution is -0.195. The fourth-order valence-electron chi connectivity index (χ4n) is 4.38. The second kappa shape index (κ2) is 11.1. The van der Waals surface area contributed by atoms with Crippen LogP contribution in [0, 0.1) is 24.5 Å². The van der Waals surface area contributed by atoms with Crippen molar-refractivity contribution in [3.05, 3.63) is 59.2 Å². The standard InChI is InChI=1S/C26H32F4O2/c1-3-4-5-6-19-8-10-20(11-9-19)21-12-14-22(15-13-21)32-26(29,30)17-31-23-16-7-18(2)24(27)25(23)28/h7,12-16,19-20H,3-6,8-11,17H2,1-2H3. The van der Waals surface area contributed by atoms with Gasteiger partial charge in [0.1, 0.15) is 5.75 Å². The smallest absolute Gasteiger partial charge is 0.432 e. The Morgan fingerprint density at radius 2 is 1.59 bits per heavy atom. The van der Waals surface area contributed by atoms with Crippen LogP contribution in [-0.4, -0.2) is 12.7 Å². The van der Waals surface area contributed by atoms with Gasteiger partial charge in [0.25, 0.3) is 0 Å². The van der Waals surface area contributed by atoms with Gasteiger partial charge in [-0.15, -0.1) is 0 Å². The molecule has 0 saturated heterocycles. The normalized spacial score (nSPS) is 19.1. The summed E-state index contributed by atoms with van der Waals surface area (Å²) in [6.07, 6.45) is 6.16. The molecule has 2 nitrogen and oxygen atoms in total. The van der Waals surface area contributed by atoms with Crippen LogP contribution in [0.5, 0.6) is 11.5 Å². The zero-order valence-electron chi connectivity index (χ0n) is 18.8. The lowest BCUT2D eigenvalue weighted by Gasteiger charge is -2.29. The Labute approximate surface area is 187 Å². The molecule has 0 radical (unpaired) electrons. The zero-order valence-corrected chi connectivity index (χ0v) is 18.8. The first kappa shape index (κ1) is 24.4. The summed E-state index contributed by atoms with van der Waals surface area (Å²) in [5.74, 6) is -1.70. The molecule has 0 aliphatic heterocycles. The minimum absolute atomic E-state index is 0.00570. The number of alkyl halides is 2. The van der Waals surface area contributed by atoms with Crippen molar-refractivity contribution in [1.82, 2.24) is 0 Å². The number of hydrogen-bond acceptors (Lipinski definition) is 2.